The molecule has 0 saturated carbocycles. The predicted molar refractivity (Wildman–Crippen MR) is 59.3 cm³/mol. The lowest BCUT2D eigenvalue weighted by Gasteiger charge is -2.14. The molecule has 0 spiro atoms. The van der Waals surface area contributed by atoms with Crippen molar-refractivity contribution in [2.24, 2.45) is 0 Å². The van der Waals surface area contributed by atoms with Crippen molar-refractivity contribution >= 4 is 0 Å². The first-order valence-electron chi connectivity index (χ1n) is 5.01. The van der Waals surface area contributed by atoms with Gasteiger partial charge in [-0.1, -0.05) is 12.1 Å². The maximum absolute atomic E-state index is 12.8. The van der Waals surface area contributed by atoms with E-state index in [2.05, 4.69) is 15.3 Å². The van der Waals surface area contributed by atoms with Gasteiger partial charge >= 0.3 is 0 Å². The van der Waals surface area contributed by atoms with Crippen molar-refractivity contribution < 1.29 is 4.39 Å². The van der Waals surface area contributed by atoms with Crippen LogP contribution in [0.1, 0.15) is 17.4 Å². The van der Waals surface area contributed by atoms with E-state index >= 15 is 0 Å². The van der Waals surface area contributed by atoms with Crippen molar-refractivity contribution in [3.63, 3.8) is 0 Å². The minimum atomic E-state index is -0.243. The van der Waals surface area contributed by atoms with Crippen LogP contribution in [-0.4, -0.2) is 17.0 Å². The van der Waals surface area contributed by atoms with E-state index in [1.54, 1.807) is 30.6 Å². The molecule has 3 nitrogen and oxygen atoms in total. The monoisotopic (exact) mass is 217 g/mol. The number of aromatic nitrogens is 2. The zero-order valence-corrected chi connectivity index (χ0v) is 8.89. The Bertz CT molecular complexity index is 442. The second kappa shape index (κ2) is 4.81. The Morgan fingerprint density at radius 3 is 2.31 bits per heavy atom. The standard InChI is InChI=1S/C12H12FN3/c1-14-11(12-15-7-2-8-16-12)9-3-5-10(13)6-4-9/h2-8,11,14H,1H3/t11-/m0/s1. The highest BCUT2D eigenvalue weighted by atomic mass is 19.1. The molecule has 1 heterocycles. The first-order chi connectivity index (χ1) is 7.81. The Morgan fingerprint density at radius 1 is 1.12 bits per heavy atom. The van der Waals surface area contributed by atoms with Gasteiger partial charge in [-0.15, -0.1) is 0 Å². The van der Waals surface area contributed by atoms with Gasteiger partial charge in [0.15, 0.2) is 0 Å². The molecule has 0 amide bonds. The molecule has 2 aromatic rings. The average molecular weight is 217 g/mol. The van der Waals surface area contributed by atoms with Crippen molar-refractivity contribution in [3.05, 3.63) is 59.9 Å². The van der Waals surface area contributed by atoms with E-state index in [9.17, 15) is 4.39 Å². The van der Waals surface area contributed by atoms with Gasteiger partial charge in [0, 0.05) is 12.4 Å². The topological polar surface area (TPSA) is 37.8 Å². The Labute approximate surface area is 93.4 Å². The maximum atomic E-state index is 12.8. The number of benzene rings is 1. The second-order valence-electron chi connectivity index (χ2n) is 3.38. The fraction of sp³-hybridized carbons (Fsp3) is 0.167. The van der Waals surface area contributed by atoms with E-state index in [0.717, 1.165) is 5.56 Å². The van der Waals surface area contributed by atoms with E-state index in [4.69, 9.17) is 0 Å². The van der Waals surface area contributed by atoms with Crippen molar-refractivity contribution in [1.29, 1.82) is 0 Å². The number of halogens is 1. The lowest BCUT2D eigenvalue weighted by Crippen LogP contribution is -2.20. The van der Waals surface area contributed by atoms with E-state index in [1.807, 2.05) is 7.05 Å². The van der Waals surface area contributed by atoms with Crippen LogP contribution in [0.25, 0.3) is 0 Å². The van der Waals surface area contributed by atoms with Crippen molar-refractivity contribution in [2.45, 2.75) is 6.04 Å². The minimum Gasteiger partial charge on any atom is -0.307 e. The van der Waals surface area contributed by atoms with Crippen molar-refractivity contribution in [3.8, 4) is 0 Å². The molecule has 1 aromatic heterocycles. The summed E-state index contributed by atoms with van der Waals surface area (Å²) in [7, 11) is 1.82. The maximum Gasteiger partial charge on any atom is 0.149 e. The zero-order valence-electron chi connectivity index (χ0n) is 8.89. The summed E-state index contributed by atoms with van der Waals surface area (Å²) in [6.45, 7) is 0. The van der Waals surface area contributed by atoms with Gasteiger partial charge in [-0.05, 0) is 30.8 Å². The Morgan fingerprint density at radius 2 is 1.75 bits per heavy atom. The molecule has 2 rings (SSSR count). The largest absolute Gasteiger partial charge is 0.307 e. The molecule has 0 saturated heterocycles. The molecule has 0 aliphatic rings. The highest BCUT2D eigenvalue weighted by Crippen LogP contribution is 2.17. The molecule has 4 heteroatoms. The third kappa shape index (κ3) is 2.23. The fourth-order valence-corrected chi connectivity index (χ4v) is 1.56. The lowest BCUT2D eigenvalue weighted by molar-refractivity contribution is 0.618. The molecule has 0 aliphatic heterocycles. The molecule has 0 aliphatic carbocycles. The molecular formula is C12H12FN3. The van der Waals surface area contributed by atoms with Crippen molar-refractivity contribution in [2.75, 3.05) is 7.05 Å². The van der Waals surface area contributed by atoms with Gasteiger partial charge in [0.1, 0.15) is 11.6 Å². The third-order valence-electron chi connectivity index (χ3n) is 2.34. The van der Waals surface area contributed by atoms with Crippen LogP contribution in [0.15, 0.2) is 42.7 Å². The van der Waals surface area contributed by atoms with Crippen LogP contribution >= 0.6 is 0 Å². The fourth-order valence-electron chi connectivity index (χ4n) is 1.56. The summed E-state index contributed by atoms with van der Waals surface area (Å²) >= 11 is 0. The van der Waals surface area contributed by atoms with Crippen molar-refractivity contribution in [1.82, 2.24) is 15.3 Å². The number of hydrogen-bond donors (Lipinski definition) is 1. The molecule has 1 aromatic carbocycles. The van der Waals surface area contributed by atoms with Gasteiger partial charge in [0.25, 0.3) is 0 Å². The predicted octanol–water partition coefficient (Wildman–Crippen LogP) is 1.92. The Balaban J connectivity index is 2.33. The van der Waals surface area contributed by atoms with Crippen LogP contribution in [0.2, 0.25) is 0 Å². The van der Waals surface area contributed by atoms with E-state index in [-0.39, 0.29) is 11.9 Å². The minimum absolute atomic E-state index is 0.109. The van der Waals surface area contributed by atoms with Crippen LogP contribution in [0.3, 0.4) is 0 Å². The van der Waals surface area contributed by atoms with E-state index in [0.29, 0.717) is 5.82 Å². The van der Waals surface area contributed by atoms with Gasteiger partial charge in [-0.2, -0.15) is 0 Å². The summed E-state index contributed by atoms with van der Waals surface area (Å²) in [6, 6.07) is 7.98. The van der Waals surface area contributed by atoms with Gasteiger partial charge in [0.2, 0.25) is 0 Å². The summed E-state index contributed by atoms with van der Waals surface area (Å²) < 4.78 is 12.8. The lowest BCUT2D eigenvalue weighted by atomic mass is 10.1. The normalized spacial score (nSPS) is 12.4. The molecular weight excluding hydrogens is 205 g/mol. The second-order valence-corrected chi connectivity index (χ2v) is 3.38. The summed E-state index contributed by atoms with van der Waals surface area (Å²) in [5, 5.41) is 3.11. The number of nitrogens with one attached hydrogen (secondary N) is 1. The molecule has 16 heavy (non-hydrogen) atoms. The summed E-state index contributed by atoms with van der Waals surface area (Å²) in [4.78, 5) is 8.36. The average Bonchev–Trinajstić information content (AvgIpc) is 2.34. The first kappa shape index (κ1) is 10.7. The highest BCUT2D eigenvalue weighted by Gasteiger charge is 2.13. The van der Waals surface area contributed by atoms with Gasteiger partial charge in [0.05, 0.1) is 6.04 Å². The summed E-state index contributed by atoms with van der Waals surface area (Å²) in [5.41, 5.74) is 0.940. The zero-order chi connectivity index (χ0) is 11.4. The van der Waals surface area contributed by atoms with Gasteiger partial charge in [-0.3, -0.25) is 0 Å². The van der Waals surface area contributed by atoms with E-state index < -0.39 is 0 Å². The number of rotatable bonds is 3. The van der Waals surface area contributed by atoms with Crippen LogP contribution in [0.5, 0.6) is 0 Å². The third-order valence-corrected chi connectivity index (χ3v) is 2.34. The smallest absolute Gasteiger partial charge is 0.149 e. The van der Waals surface area contributed by atoms with Crippen LogP contribution < -0.4 is 5.32 Å². The van der Waals surface area contributed by atoms with Crippen LogP contribution in [0, 0.1) is 5.82 Å². The molecule has 0 fully saturated rings. The summed E-state index contributed by atoms with van der Waals surface area (Å²) in [5.74, 6) is 0.434. The Hall–Kier alpha value is -1.81. The molecule has 82 valence electrons. The number of nitrogens with zero attached hydrogens (tertiary/aromatic N) is 2. The Kier molecular flexibility index (Phi) is 3.22. The molecule has 0 radical (unpaired) electrons. The molecule has 1 N–H and O–H groups in total. The van der Waals surface area contributed by atoms with Gasteiger partial charge in [-0.25, -0.2) is 14.4 Å². The van der Waals surface area contributed by atoms with Crippen LogP contribution in [0.4, 0.5) is 4.39 Å². The van der Waals surface area contributed by atoms with Gasteiger partial charge < -0.3 is 5.32 Å². The summed E-state index contributed by atoms with van der Waals surface area (Å²) in [6.07, 6.45) is 3.38. The quantitative estimate of drug-likeness (QED) is 0.853. The van der Waals surface area contributed by atoms with E-state index in [1.165, 1.54) is 12.1 Å². The first-order valence-corrected chi connectivity index (χ1v) is 5.01. The van der Waals surface area contributed by atoms with Crippen LogP contribution in [-0.2, 0) is 0 Å². The molecule has 1 atom stereocenters. The number of hydrogen-bond acceptors (Lipinski definition) is 3. The molecule has 0 bridgehead atoms. The molecule has 0 unspecified atom stereocenters. The highest BCUT2D eigenvalue weighted by molar-refractivity contribution is 5.24. The SMILES string of the molecule is CN[C@@H](c1ccc(F)cc1)c1ncccn1.